The first kappa shape index (κ1) is 18.5. The lowest BCUT2D eigenvalue weighted by atomic mass is 9.75. The molecule has 0 atom stereocenters. The lowest BCUT2D eigenvalue weighted by Crippen LogP contribution is -2.55. The molecule has 1 aliphatic heterocycles. The first-order chi connectivity index (χ1) is 14.4. The molecule has 3 aromatic rings. The van der Waals surface area contributed by atoms with Crippen molar-refractivity contribution in [1.82, 2.24) is 9.72 Å². The molecule has 1 saturated carbocycles. The van der Waals surface area contributed by atoms with Gasteiger partial charge in [0, 0.05) is 18.8 Å². The Morgan fingerprint density at radius 3 is 2.63 bits per heavy atom. The molecule has 1 aliphatic carbocycles. The number of anilines is 2. The fourth-order valence-electron chi connectivity index (χ4n) is 4.27. The summed E-state index contributed by atoms with van der Waals surface area (Å²) in [5.74, 6) is -0.0979. The van der Waals surface area contributed by atoms with E-state index in [1.807, 2.05) is 11.0 Å². The van der Waals surface area contributed by atoms with Gasteiger partial charge in [-0.05, 0) is 62.2 Å². The number of aromatic nitrogens is 2. The van der Waals surface area contributed by atoms with Gasteiger partial charge in [-0.3, -0.25) is 14.5 Å². The summed E-state index contributed by atoms with van der Waals surface area (Å²) in [4.78, 5) is 33.2. The molecule has 0 radical (unpaired) electrons. The summed E-state index contributed by atoms with van der Waals surface area (Å²) in [6.07, 6.45) is 3.79. The zero-order valence-electron chi connectivity index (χ0n) is 16.4. The van der Waals surface area contributed by atoms with Gasteiger partial charge < -0.3 is 9.42 Å². The molecule has 0 N–H and O–H groups in total. The third-order valence-electron chi connectivity index (χ3n) is 6.00. The van der Waals surface area contributed by atoms with Crippen LogP contribution in [0.25, 0.3) is 11.0 Å². The normalized spacial score (nSPS) is 17.6. The molecule has 0 bridgehead atoms. The van der Waals surface area contributed by atoms with Crippen molar-refractivity contribution in [3.8, 4) is 6.07 Å². The zero-order chi connectivity index (χ0) is 21.2. The number of benzene rings is 1. The largest absolute Gasteiger partial charge is 0.376 e. The minimum absolute atomic E-state index is 0.0979. The number of rotatable bonds is 2. The van der Waals surface area contributed by atoms with Crippen LogP contribution >= 0.6 is 12.2 Å². The maximum Gasteiger partial charge on any atom is 0.290 e. The monoisotopic (exact) mass is 419 g/mol. The Hall–Kier alpha value is -3.51. The first-order valence-electron chi connectivity index (χ1n) is 9.53. The fourth-order valence-corrected chi connectivity index (χ4v) is 4.74. The SMILES string of the molecule is Cc1cc(N2C(=O)C3(CCC3)N(c3ccc4c(=O)n(C)oc4c3)C2=S)cnc1C#N. The molecular formula is C21H17N5O3S. The average molecular weight is 419 g/mol. The smallest absolute Gasteiger partial charge is 0.290 e. The number of fused-ring (bicyclic) bond motifs is 1. The van der Waals surface area contributed by atoms with E-state index < -0.39 is 5.54 Å². The molecule has 1 amide bonds. The van der Waals surface area contributed by atoms with Gasteiger partial charge in [0.1, 0.15) is 17.3 Å². The number of nitriles is 1. The van der Waals surface area contributed by atoms with Gasteiger partial charge in [-0.25, -0.2) is 4.98 Å². The summed E-state index contributed by atoms with van der Waals surface area (Å²) in [5.41, 5.74) is 1.73. The second-order valence-corrected chi connectivity index (χ2v) is 8.05. The van der Waals surface area contributed by atoms with Crippen molar-refractivity contribution in [3.05, 3.63) is 52.1 Å². The van der Waals surface area contributed by atoms with Crippen molar-refractivity contribution < 1.29 is 9.32 Å². The van der Waals surface area contributed by atoms with Gasteiger partial charge in [0.2, 0.25) is 0 Å². The summed E-state index contributed by atoms with van der Waals surface area (Å²) < 4.78 is 6.71. The molecule has 9 heteroatoms. The predicted octanol–water partition coefficient (Wildman–Crippen LogP) is 2.77. The summed E-state index contributed by atoms with van der Waals surface area (Å²) in [5, 5.41) is 9.97. The molecule has 0 unspecified atom stereocenters. The van der Waals surface area contributed by atoms with Gasteiger partial charge in [0.15, 0.2) is 10.7 Å². The van der Waals surface area contributed by atoms with Crippen molar-refractivity contribution in [3.63, 3.8) is 0 Å². The van der Waals surface area contributed by atoms with Crippen LogP contribution in [-0.4, -0.2) is 26.3 Å². The minimum Gasteiger partial charge on any atom is -0.376 e. The Morgan fingerprint density at radius 2 is 2.00 bits per heavy atom. The number of nitrogens with zero attached hydrogens (tertiary/aromatic N) is 5. The highest BCUT2D eigenvalue weighted by Gasteiger charge is 2.59. The van der Waals surface area contributed by atoms with E-state index in [4.69, 9.17) is 22.0 Å². The van der Waals surface area contributed by atoms with E-state index in [0.717, 1.165) is 6.42 Å². The highest BCUT2D eigenvalue weighted by Crippen LogP contribution is 2.48. The van der Waals surface area contributed by atoms with Gasteiger partial charge in [0.05, 0.1) is 17.3 Å². The summed E-state index contributed by atoms with van der Waals surface area (Å²) in [6, 6.07) is 9.04. The van der Waals surface area contributed by atoms with E-state index >= 15 is 0 Å². The van der Waals surface area contributed by atoms with E-state index in [2.05, 4.69) is 4.98 Å². The topological polar surface area (TPSA) is 95.4 Å². The number of aryl methyl sites for hydroxylation is 2. The first-order valence-corrected chi connectivity index (χ1v) is 9.94. The van der Waals surface area contributed by atoms with Gasteiger partial charge in [0.25, 0.3) is 11.5 Å². The minimum atomic E-state index is -0.748. The molecule has 5 rings (SSSR count). The maximum absolute atomic E-state index is 13.5. The summed E-state index contributed by atoms with van der Waals surface area (Å²) >= 11 is 5.75. The molecular weight excluding hydrogens is 402 g/mol. The molecule has 150 valence electrons. The zero-order valence-corrected chi connectivity index (χ0v) is 17.2. The Bertz CT molecular complexity index is 1340. The van der Waals surface area contributed by atoms with Crippen LogP contribution in [0.4, 0.5) is 11.4 Å². The molecule has 2 aliphatic rings. The molecule has 8 nitrogen and oxygen atoms in total. The van der Waals surface area contributed by atoms with Gasteiger partial charge >= 0.3 is 0 Å². The highest BCUT2D eigenvalue weighted by atomic mass is 32.1. The van der Waals surface area contributed by atoms with Crippen LogP contribution in [0.2, 0.25) is 0 Å². The van der Waals surface area contributed by atoms with Crippen molar-refractivity contribution >= 4 is 45.6 Å². The van der Waals surface area contributed by atoms with Crippen molar-refractivity contribution in [1.29, 1.82) is 5.26 Å². The van der Waals surface area contributed by atoms with Gasteiger partial charge in [-0.15, -0.1) is 0 Å². The van der Waals surface area contributed by atoms with E-state index in [9.17, 15) is 9.59 Å². The van der Waals surface area contributed by atoms with Crippen LogP contribution in [0.5, 0.6) is 0 Å². The Balaban J connectivity index is 1.63. The van der Waals surface area contributed by atoms with E-state index in [0.29, 0.717) is 51.6 Å². The van der Waals surface area contributed by atoms with E-state index in [1.165, 1.54) is 15.8 Å². The number of carbonyl (C=O) groups excluding carboxylic acids is 1. The molecule has 2 fully saturated rings. The van der Waals surface area contributed by atoms with Crippen LogP contribution in [0.3, 0.4) is 0 Å². The number of carbonyl (C=O) groups is 1. The Kier molecular flexibility index (Phi) is 3.85. The average Bonchev–Trinajstić information content (AvgIpc) is 3.11. The molecule has 1 spiro atoms. The van der Waals surface area contributed by atoms with E-state index in [1.54, 1.807) is 38.2 Å². The van der Waals surface area contributed by atoms with E-state index in [-0.39, 0.29) is 11.5 Å². The van der Waals surface area contributed by atoms with Crippen molar-refractivity contribution in [2.45, 2.75) is 31.7 Å². The number of thiocarbonyl (C=S) groups is 1. The fraction of sp³-hybridized carbons (Fsp3) is 0.286. The Labute approximate surface area is 176 Å². The second kappa shape index (κ2) is 6.24. The molecule has 3 heterocycles. The van der Waals surface area contributed by atoms with Crippen LogP contribution in [0, 0.1) is 18.3 Å². The molecule has 1 saturated heterocycles. The standard InChI is InChI=1S/C21H17N5O3S/c1-12-8-14(11-23-16(12)10-22)25-19(28)21(6-3-7-21)26(20(25)30)13-4-5-15-17(9-13)29-24(2)18(15)27/h4-5,8-9,11H,3,6-7H2,1-2H3. The van der Waals surface area contributed by atoms with Crippen LogP contribution in [-0.2, 0) is 11.8 Å². The maximum atomic E-state index is 13.5. The summed E-state index contributed by atoms with van der Waals surface area (Å²) in [6.45, 7) is 1.78. The molecule has 1 aromatic carbocycles. The number of hydrogen-bond acceptors (Lipinski definition) is 6. The third-order valence-corrected chi connectivity index (χ3v) is 6.36. The predicted molar refractivity (Wildman–Crippen MR) is 114 cm³/mol. The highest BCUT2D eigenvalue weighted by molar-refractivity contribution is 7.81. The second-order valence-electron chi connectivity index (χ2n) is 7.69. The quantitative estimate of drug-likeness (QED) is 0.590. The lowest BCUT2D eigenvalue weighted by molar-refractivity contribution is -0.123. The third kappa shape index (κ3) is 2.31. The number of hydrogen-bond donors (Lipinski definition) is 0. The van der Waals surface area contributed by atoms with Gasteiger partial charge in [-0.2, -0.15) is 10.0 Å². The number of amides is 1. The molecule has 30 heavy (non-hydrogen) atoms. The van der Waals surface area contributed by atoms with Crippen LogP contribution in [0.15, 0.2) is 39.8 Å². The van der Waals surface area contributed by atoms with Crippen molar-refractivity contribution in [2.24, 2.45) is 7.05 Å². The Morgan fingerprint density at radius 1 is 1.23 bits per heavy atom. The van der Waals surface area contributed by atoms with Gasteiger partial charge in [-0.1, -0.05) is 0 Å². The lowest BCUT2D eigenvalue weighted by Gasteiger charge is -2.42. The summed E-state index contributed by atoms with van der Waals surface area (Å²) in [7, 11) is 1.56. The van der Waals surface area contributed by atoms with Crippen LogP contribution < -0.4 is 15.4 Å². The molecule has 2 aromatic heterocycles. The van der Waals surface area contributed by atoms with Crippen LogP contribution in [0.1, 0.15) is 30.5 Å². The van der Waals surface area contributed by atoms with Crippen molar-refractivity contribution in [2.75, 3.05) is 9.80 Å². The number of pyridine rings is 1.